The van der Waals surface area contributed by atoms with Gasteiger partial charge in [0.2, 0.25) is 0 Å². The van der Waals surface area contributed by atoms with E-state index in [0.29, 0.717) is 0 Å². The normalized spacial score (nSPS) is 10.9. The van der Waals surface area contributed by atoms with Crippen LogP contribution in [0.2, 0.25) is 0 Å². The highest BCUT2D eigenvalue weighted by Crippen LogP contribution is 2.22. The molecule has 0 aliphatic carbocycles. The van der Waals surface area contributed by atoms with Gasteiger partial charge >= 0.3 is 0 Å². The van der Waals surface area contributed by atoms with E-state index in [9.17, 15) is 0 Å². The molecule has 0 heterocycles. The summed E-state index contributed by atoms with van der Waals surface area (Å²) in [5, 5.41) is 16.7. The van der Waals surface area contributed by atoms with Crippen molar-refractivity contribution in [2.24, 2.45) is 0 Å². The molecule has 0 aliphatic rings. The third-order valence-electron chi connectivity index (χ3n) is 6.24. The van der Waals surface area contributed by atoms with Gasteiger partial charge in [0, 0.05) is 0 Å². The summed E-state index contributed by atoms with van der Waals surface area (Å²) in [4.78, 5) is 8.33. The van der Waals surface area contributed by atoms with Gasteiger partial charge in [-0.3, -0.25) is 8.97 Å². The average molecular weight is 417 g/mol. The molecule has 0 saturated heterocycles. The Hall–Kier alpha value is -2.37. The number of carboxylic acid groups (broad SMARTS) is 2. The van der Waals surface area contributed by atoms with Crippen LogP contribution >= 0.6 is 0 Å². The number of carbonyl (C=O) groups excluding carboxylic acids is 1. The van der Waals surface area contributed by atoms with E-state index < -0.39 is 6.16 Å². The van der Waals surface area contributed by atoms with Crippen LogP contribution < -0.4 is 19.2 Å². The van der Waals surface area contributed by atoms with Crippen LogP contribution in [0.1, 0.15) is 41.5 Å². The zero-order valence-corrected chi connectivity index (χ0v) is 19.6. The van der Waals surface area contributed by atoms with Crippen LogP contribution in [0.15, 0.2) is 60.7 Å². The number of hydrogen-bond donors (Lipinski definition) is 0. The largest absolute Gasteiger partial charge is 0.652 e. The fraction of sp³-hybridized carbons (Fsp3) is 0.480. The van der Waals surface area contributed by atoms with Crippen molar-refractivity contribution >= 4 is 17.5 Å². The Morgan fingerprint density at radius 2 is 0.767 bits per heavy atom. The van der Waals surface area contributed by atoms with Crippen LogP contribution in [-0.4, -0.2) is 45.4 Å². The fourth-order valence-electron chi connectivity index (χ4n) is 3.93. The first-order valence-corrected chi connectivity index (χ1v) is 11.0. The lowest BCUT2D eigenvalue weighted by molar-refractivity contribution is -0.415. The molecule has 2 aromatic carbocycles. The molecule has 0 amide bonds. The Labute approximate surface area is 183 Å². The summed E-state index contributed by atoms with van der Waals surface area (Å²) in [7, 11) is 0. The molecule has 0 bridgehead atoms. The molecule has 2 rings (SSSR count). The third kappa shape index (κ3) is 8.17. The fourth-order valence-corrected chi connectivity index (χ4v) is 3.93. The van der Waals surface area contributed by atoms with E-state index in [2.05, 4.69) is 102 Å². The second-order valence-electron chi connectivity index (χ2n) is 7.11. The Morgan fingerprint density at radius 3 is 0.933 bits per heavy atom. The number of carbonyl (C=O) groups is 1. The van der Waals surface area contributed by atoms with Crippen molar-refractivity contribution in [3.63, 3.8) is 0 Å². The predicted molar refractivity (Wildman–Crippen MR) is 125 cm³/mol. The molecular formula is C25H40N2O3. The van der Waals surface area contributed by atoms with E-state index >= 15 is 0 Å². The Balaban J connectivity index is 0.000000477. The molecule has 168 valence electrons. The van der Waals surface area contributed by atoms with Crippen molar-refractivity contribution in [3.8, 4) is 0 Å². The molecule has 30 heavy (non-hydrogen) atoms. The SMILES string of the molecule is CC[N+](CC)(CC)c1ccccc1.CC[N+](CC)(CC)c1ccccc1.O=C([O-])[O-]. The molecule has 0 N–H and O–H groups in total. The minimum absolute atomic E-state index is 1.10. The number of nitrogens with zero attached hydrogens (tertiary/aromatic N) is 2. The summed E-state index contributed by atoms with van der Waals surface area (Å²) >= 11 is 0. The maximum atomic E-state index is 8.33. The predicted octanol–water partition coefficient (Wildman–Crippen LogP) is 3.66. The third-order valence-corrected chi connectivity index (χ3v) is 6.24. The molecule has 0 aromatic heterocycles. The summed E-state index contributed by atoms with van der Waals surface area (Å²) in [6.07, 6.45) is -2.33. The standard InChI is InChI=1S/2C12H20N.CH2O3/c2*1-4-13(5-2,6-3)12-10-8-7-9-11-12;2-1(3)4/h2*7-11H,4-6H2,1-3H3;(H2,2,3,4)/q2*+1;/p-2. The number of benzene rings is 2. The van der Waals surface area contributed by atoms with Gasteiger partial charge in [0.25, 0.3) is 0 Å². The van der Waals surface area contributed by atoms with Gasteiger partial charge in [-0.25, -0.2) is 0 Å². The lowest BCUT2D eigenvalue weighted by atomic mass is 10.2. The number of hydrogen-bond acceptors (Lipinski definition) is 3. The average Bonchev–Trinajstić information content (AvgIpc) is 2.79. The Morgan fingerprint density at radius 1 is 0.567 bits per heavy atom. The first-order valence-electron chi connectivity index (χ1n) is 11.0. The summed E-state index contributed by atoms with van der Waals surface area (Å²) in [5.74, 6) is 0. The van der Waals surface area contributed by atoms with Gasteiger partial charge in [0.1, 0.15) is 11.4 Å². The van der Waals surface area contributed by atoms with Gasteiger partial charge in [-0.05, 0) is 72.0 Å². The van der Waals surface area contributed by atoms with E-state index in [-0.39, 0.29) is 0 Å². The highest BCUT2D eigenvalue weighted by molar-refractivity contribution is 5.47. The van der Waals surface area contributed by atoms with Crippen molar-refractivity contribution in [1.29, 1.82) is 0 Å². The molecule has 0 unspecified atom stereocenters. The summed E-state index contributed by atoms with van der Waals surface area (Å²) in [6.45, 7) is 20.6. The van der Waals surface area contributed by atoms with Crippen LogP contribution in [-0.2, 0) is 0 Å². The number of quaternary nitrogens is 2. The van der Waals surface area contributed by atoms with Crippen molar-refractivity contribution < 1.29 is 15.0 Å². The summed E-state index contributed by atoms with van der Waals surface area (Å²) in [6, 6.07) is 21.6. The minimum atomic E-state index is -2.33. The lowest BCUT2D eigenvalue weighted by Gasteiger charge is -2.35. The zero-order valence-electron chi connectivity index (χ0n) is 19.6. The van der Waals surface area contributed by atoms with Crippen molar-refractivity contribution in [2.45, 2.75) is 41.5 Å². The molecule has 0 radical (unpaired) electrons. The van der Waals surface area contributed by atoms with E-state index in [1.54, 1.807) is 0 Å². The van der Waals surface area contributed by atoms with E-state index in [1.807, 2.05) is 0 Å². The van der Waals surface area contributed by atoms with Gasteiger partial charge in [-0.1, -0.05) is 36.4 Å². The van der Waals surface area contributed by atoms with E-state index in [0.717, 1.165) is 8.97 Å². The highest BCUT2D eigenvalue weighted by atomic mass is 16.6. The highest BCUT2D eigenvalue weighted by Gasteiger charge is 2.23. The van der Waals surface area contributed by atoms with E-state index in [4.69, 9.17) is 15.0 Å². The number of para-hydroxylation sites is 2. The maximum absolute atomic E-state index is 8.33. The Kier molecular flexibility index (Phi) is 13.4. The zero-order chi connectivity index (χ0) is 23.0. The van der Waals surface area contributed by atoms with Crippen LogP contribution in [0.25, 0.3) is 0 Å². The second-order valence-corrected chi connectivity index (χ2v) is 7.11. The Bertz CT molecular complexity index is 606. The van der Waals surface area contributed by atoms with Crippen LogP contribution in [0, 0.1) is 0 Å². The van der Waals surface area contributed by atoms with Gasteiger partial charge in [-0.2, -0.15) is 0 Å². The number of rotatable bonds is 8. The quantitative estimate of drug-likeness (QED) is 0.617. The molecule has 0 fully saturated rings. The first-order chi connectivity index (χ1) is 14.3. The molecular weight excluding hydrogens is 376 g/mol. The van der Waals surface area contributed by atoms with Crippen LogP contribution in [0.5, 0.6) is 0 Å². The summed E-state index contributed by atoms with van der Waals surface area (Å²) < 4.78 is 2.20. The molecule has 0 saturated carbocycles. The van der Waals surface area contributed by atoms with Crippen molar-refractivity contribution in [2.75, 3.05) is 39.3 Å². The summed E-state index contributed by atoms with van der Waals surface area (Å²) in [5.41, 5.74) is 2.88. The van der Waals surface area contributed by atoms with Gasteiger partial charge < -0.3 is 15.0 Å². The molecule has 0 aliphatic heterocycles. The van der Waals surface area contributed by atoms with Gasteiger partial charge in [0.15, 0.2) is 0 Å². The maximum Gasteiger partial charge on any atom is 0.132 e. The molecule has 5 heteroatoms. The molecule has 0 atom stereocenters. The van der Waals surface area contributed by atoms with E-state index in [1.165, 1.54) is 50.6 Å². The second kappa shape index (κ2) is 14.6. The van der Waals surface area contributed by atoms with Crippen LogP contribution in [0.3, 0.4) is 0 Å². The lowest BCUT2D eigenvalue weighted by Crippen LogP contribution is -2.48. The first kappa shape index (κ1) is 27.6. The molecule has 5 nitrogen and oxygen atoms in total. The smallest absolute Gasteiger partial charge is 0.132 e. The topological polar surface area (TPSA) is 63.2 Å². The molecule has 2 aromatic rings. The van der Waals surface area contributed by atoms with Gasteiger partial charge in [0.05, 0.1) is 39.3 Å². The minimum Gasteiger partial charge on any atom is -0.652 e. The van der Waals surface area contributed by atoms with Gasteiger partial charge in [-0.15, -0.1) is 0 Å². The monoisotopic (exact) mass is 416 g/mol. The van der Waals surface area contributed by atoms with Crippen molar-refractivity contribution in [3.05, 3.63) is 60.7 Å². The molecule has 0 spiro atoms. The van der Waals surface area contributed by atoms with Crippen molar-refractivity contribution in [1.82, 2.24) is 8.97 Å². The van der Waals surface area contributed by atoms with Crippen LogP contribution in [0.4, 0.5) is 16.2 Å².